The van der Waals surface area contributed by atoms with Gasteiger partial charge in [0.2, 0.25) is 5.75 Å². The van der Waals surface area contributed by atoms with Crippen LogP contribution in [0.4, 0.5) is 11.6 Å². The Morgan fingerprint density at radius 1 is 1.45 bits per heavy atom. The van der Waals surface area contributed by atoms with E-state index < -0.39 is 0 Å². The second kappa shape index (κ2) is 6.71. The molecule has 1 fully saturated rings. The summed E-state index contributed by atoms with van der Waals surface area (Å²) in [5, 5.41) is 3.34. The van der Waals surface area contributed by atoms with Crippen LogP contribution in [0.2, 0.25) is 0 Å². The van der Waals surface area contributed by atoms with Crippen molar-refractivity contribution in [3.05, 3.63) is 6.33 Å². The number of nitrogens with two attached hydrogens (primary N) is 1. The van der Waals surface area contributed by atoms with E-state index in [1.54, 1.807) is 7.11 Å². The number of aromatic nitrogens is 2. The lowest BCUT2D eigenvalue weighted by Gasteiger charge is -2.20. The molecule has 7 nitrogen and oxygen atoms in total. The molecule has 0 saturated carbocycles. The summed E-state index contributed by atoms with van der Waals surface area (Å²) >= 11 is 0. The zero-order valence-corrected chi connectivity index (χ0v) is 12.4. The van der Waals surface area contributed by atoms with Crippen LogP contribution in [0.5, 0.6) is 5.75 Å². The van der Waals surface area contributed by atoms with E-state index >= 15 is 0 Å². The number of anilines is 2. The average Bonchev–Trinajstić information content (AvgIpc) is 2.93. The van der Waals surface area contributed by atoms with Crippen LogP contribution < -0.4 is 21.3 Å². The molecule has 0 bridgehead atoms. The van der Waals surface area contributed by atoms with Crippen LogP contribution in [0.25, 0.3) is 0 Å². The second-order valence-electron chi connectivity index (χ2n) is 5.37. The second-order valence-corrected chi connectivity index (χ2v) is 5.37. The van der Waals surface area contributed by atoms with Crippen molar-refractivity contribution >= 4 is 11.6 Å². The van der Waals surface area contributed by atoms with Crippen LogP contribution in [-0.4, -0.2) is 47.7 Å². The van der Waals surface area contributed by atoms with E-state index in [0.717, 1.165) is 13.1 Å². The fraction of sp³-hybridized carbons (Fsp3) is 0.692. The summed E-state index contributed by atoms with van der Waals surface area (Å²) in [6.07, 6.45) is 2.68. The fourth-order valence-electron chi connectivity index (χ4n) is 2.54. The van der Waals surface area contributed by atoms with Gasteiger partial charge in [-0.3, -0.25) is 0 Å². The molecule has 1 aliphatic rings. The molecular weight excluding hydrogens is 256 g/mol. The largest absolute Gasteiger partial charge is 0.490 e. The zero-order chi connectivity index (χ0) is 14.5. The lowest BCUT2D eigenvalue weighted by Crippen LogP contribution is -2.29. The fourth-order valence-corrected chi connectivity index (χ4v) is 2.54. The highest BCUT2D eigenvalue weighted by Crippen LogP contribution is 2.28. The van der Waals surface area contributed by atoms with Crippen molar-refractivity contribution in [1.82, 2.24) is 14.9 Å². The van der Waals surface area contributed by atoms with Gasteiger partial charge < -0.3 is 20.4 Å². The Hall–Kier alpha value is -1.60. The lowest BCUT2D eigenvalue weighted by atomic mass is 10.1. The number of rotatable bonds is 6. The lowest BCUT2D eigenvalue weighted by molar-refractivity contribution is 0.266. The van der Waals surface area contributed by atoms with Gasteiger partial charge in [-0.2, -0.15) is 0 Å². The molecule has 2 rings (SSSR count). The minimum absolute atomic E-state index is 0.486. The van der Waals surface area contributed by atoms with Crippen LogP contribution in [0, 0.1) is 5.92 Å². The van der Waals surface area contributed by atoms with Crippen molar-refractivity contribution in [3.8, 4) is 5.75 Å². The molecule has 0 aliphatic carbocycles. The minimum Gasteiger partial charge on any atom is -0.490 e. The maximum Gasteiger partial charge on any atom is 0.205 e. The molecule has 7 heteroatoms. The summed E-state index contributed by atoms with van der Waals surface area (Å²) in [6.45, 7) is 7.64. The number of nitrogens with zero attached hydrogens (tertiary/aromatic N) is 3. The van der Waals surface area contributed by atoms with E-state index in [0.29, 0.717) is 29.3 Å². The Morgan fingerprint density at radius 2 is 2.20 bits per heavy atom. The Morgan fingerprint density at radius 3 is 2.80 bits per heavy atom. The van der Waals surface area contributed by atoms with Crippen LogP contribution >= 0.6 is 0 Å². The highest BCUT2D eigenvalue weighted by atomic mass is 16.5. The molecule has 4 N–H and O–H groups in total. The average molecular weight is 280 g/mol. The Balaban J connectivity index is 1.95. The molecule has 0 aromatic carbocycles. The Labute approximate surface area is 119 Å². The van der Waals surface area contributed by atoms with Crippen LogP contribution in [-0.2, 0) is 0 Å². The van der Waals surface area contributed by atoms with Gasteiger partial charge in [0.05, 0.1) is 7.11 Å². The molecule has 2 heterocycles. The summed E-state index contributed by atoms with van der Waals surface area (Å²) in [6, 6.07) is 0.613. The monoisotopic (exact) mass is 280 g/mol. The third-order valence-corrected chi connectivity index (χ3v) is 3.75. The van der Waals surface area contributed by atoms with Crippen molar-refractivity contribution in [1.29, 1.82) is 0 Å². The first-order valence-electron chi connectivity index (χ1n) is 6.99. The molecule has 1 aromatic rings. The molecule has 0 radical (unpaired) electrons. The van der Waals surface area contributed by atoms with Crippen molar-refractivity contribution < 1.29 is 4.74 Å². The third kappa shape index (κ3) is 3.29. The molecule has 1 aliphatic heterocycles. The molecule has 1 unspecified atom stereocenters. The maximum absolute atomic E-state index is 5.41. The molecule has 0 spiro atoms. The van der Waals surface area contributed by atoms with Crippen molar-refractivity contribution in [3.63, 3.8) is 0 Å². The predicted octanol–water partition coefficient (Wildman–Crippen LogP) is 0.913. The maximum atomic E-state index is 5.41. The third-order valence-electron chi connectivity index (χ3n) is 3.75. The van der Waals surface area contributed by atoms with Crippen molar-refractivity contribution in [2.45, 2.75) is 26.3 Å². The summed E-state index contributed by atoms with van der Waals surface area (Å²) in [5.41, 5.74) is 2.51. The van der Waals surface area contributed by atoms with Crippen molar-refractivity contribution in [2.24, 2.45) is 11.8 Å². The first kappa shape index (κ1) is 14.8. The molecule has 1 atom stereocenters. The van der Waals surface area contributed by atoms with E-state index in [1.807, 2.05) is 0 Å². The van der Waals surface area contributed by atoms with Gasteiger partial charge in [-0.1, -0.05) is 0 Å². The summed E-state index contributed by atoms with van der Waals surface area (Å²) in [7, 11) is 1.58. The van der Waals surface area contributed by atoms with Gasteiger partial charge in [0.25, 0.3) is 0 Å². The van der Waals surface area contributed by atoms with Gasteiger partial charge in [-0.05, 0) is 32.7 Å². The topological polar surface area (TPSA) is 88.3 Å². The van der Waals surface area contributed by atoms with Gasteiger partial charge in [0.15, 0.2) is 11.6 Å². The van der Waals surface area contributed by atoms with E-state index in [9.17, 15) is 0 Å². The first-order valence-corrected chi connectivity index (χ1v) is 6.99. The van der Waals surface area contributed by atoms with E-state index in [1.165, 1.54) is 19.3 Å². The summed E-state index contributed by atoms with van der Waals surface area (Å²) in [4.78, 5) is 10.7. The summed E-state index contributed by atoms with van der Waals surface area (Å²) in [5.74, 6) is 7.76. The molecule has 1 aromatic heterocycles. The smallest absolute Gasteiger partial charge is 0.205 e. The van der Waals surface area contributed by atoms with E-state index in [4.69, 9.17) is 10.6 Å². The summed E-state index contributed by atoms with van der Waals surface area (Å²) < 4.78 is 5.30. The molecule has 0 amide bonds. The quantitative estimate of drug-likeness (QED) is 0.527. The molecule has 1 saturated heterocycles. The highest BCUT2D eigenvalue weighted by Gasteiger charge is 2.24. The van der Waals surface area contributed by atoms with E-state index in [2.05, 4.69) is 39.5 Å². The number of nitrogen functional groups attached to an aromatic ring is 1. The Kier molecular flexibility index (Phi) is 4.97. The number of hydrogen-bond donors (Lipinski definition) is 3. The Bertz CT molecular complexity index is 439. The number of hydrogen-bond acceptors (Lipinski definition) is 7. The number of nitrogens with one attached hydrogen (secondary N) is 2. The van der Waals surface area contributed by atoms with Gasteiger partial charge in [-0.15, -0.1) is 0 Å². The van der Waals surface area contributed by atoms with Crippen LogP contribution in [0.15, 0.2) is 6.33 Å². The zero-order valence-electron chi connectivity index (χ0n) is 12.4. The molecule has 112 valence electrons. The number of likely N-dealkylation sites (tertiary alicyclic amines) is 1. The SMILES string of the molecule is COc1c(NN)ncnc1NCC1CCN(C(C)C)C1. The van der Waals surface area contributed by atoms with Gasteiger partial charge in [0, 0.05) is 19.1 Å². The molecule has 20 heavy (non-hydrogen) atoms. The number of ether oxygens (including phenoxy) is 1. The normalized spacial score (nSPS) is 19.4. The van der Waals surface area contributed by atoms with Gasteiger partial charge in [-0.25, -0.2) is 15.8 Å². The first-order chi connectivity index (χ1) is 9.65. The van der Waals surface area contributed by atoms with Crippen LogP contribution in [0.3, 0.4) is 0 Å². The minimum atomic E-state index is 0.486. The predicted molar refractivity (Wildman–Crippen MR) is 79.7 cm³/mol. The standard InChI is InChI=1S/C13H24N6O/c1-9(2)19-5-4-10(7-19)6-15-12-11(20-3)13(18-14)17-8-16-12/h8-10H,4-7,14H2,1-3H3,(H2,15,16,17,18). The number of hydrazine groups is 1. The van der Waals surface area contributed by atoms with Gasteiger partial charge >= 0.3 is 0 Å². The van der Waals surface area contributed by atoms with Crippen LogP contribution in [0.1, 0.15) is 20.3 Å². The number of methoxy groups -OCH3 is 1. The highest BCUT2D eigenvalue weighted by molar-refractivity contribution is 5.62. The molecular formula is C13H24N6O. The van der Waals surface area contributed by atoms with Crippen molar-refractivity contribution in [2.75, 3.05) is 37.5 Å². The van der Waals surface area contributed by atoms with E-state index in [-0.39, 0.29) is 0 Å². The van der Waals surface area contributed by atoms with Gasteiger partial charge in [0.1, 0.15) is 6.33 Å².